The van der Waals surface area contributed by atoms with E-state index in [-0.39, 0.29) is 5.69 Å². The molecule has 0 aliphatic carbocycles. The molecule has 1 saturated heterocycles. The first-order chi connectivity index (χ1) is 8.58. The molecule has 1 aliphatic rings. The fourth-order valence-corrected chi connectivity index (χ4v) is 1.68. The summed E-state index contributed by atoms with van der Waals surface area (Å²) in [5.74, 6) is -2.07. The molecule has 0 amide bonds. The number of nitrogens with one attached hydrogen (secondary N) is 1. The summed E-state index contributed by atoms with van der Waals surface area (Å²) >= 11 is 0. The maximum atomic E-state index is 13.4. The first-order valence-electron chi connectivity index (χ1n) is 5.30. The van der Waals surface area contributed by atoms with Crippen molar-refractivity contribution in [3.8, 4) is 0 Å². The summed E-state index contributed by atoms with van der Waals surface area (Å²) in [7, 11) is 0. The zero-order valence-corrected chi connectivity index (χ0v) is 9.36. The lowest BCUT2D eigenvalue weighted by molar-refractivity contribution is -0.386. The van der Waals surface area contributed by atoms with Gasteiger partial charge in [-0.3, -0.25) is 10.1 Å². The number of nitrogens with zero attached hydrogens (tertiary/aromatic N) is 2. The van der Waals surface area contributed by atoms with Crippen molar-refractivity contribution in [3.63, 3.8) is 0 Å². The number of hydrazine groups is 1. The van der Waals surface area contributed by atoms with Gasteiger partial charge < -0.3 is 10.2 Å². The van der Waals surface area contributed by atoms with Crippen LogP contribution in [0, 0.1) is 21.7 Å². The van der Waals surface area contributed by atoms with Crippen LogP contribution >= 0.6 is 0 Å². The lowest BCUT2D eigenvalue weighted by Gasteiger charge is -2.27. The summed E-state index contributed by atoms with van der Waals surface area (Å²) in [5.41, 5.74) is 1.69. The largest absolute Gasteiger partial charge is 0.379 e. The maximum Gasteiger partial charge on any atom is 0.329 e. The molecule has 0 saturated carbocycles. The van der Waals surface area contributed by atoms with E-state index >= 15 is 0 Å². The van der Waals surface area contributed by atoms with Crippen LogP contribution in [0.2, 0.25) is 0 Å². The highest BCUT2D eigenvalue weighted by atomic mass is 19.1. The number of nitro benzene ring substituents is 1. The van der Waals surface area contributed by atoms with Crippen molar-refractivity contribution < 1.29 is 18.4 Å². The molecule has 2 rings (SSSR count). The Morgan fingerprint density at radius 3 is 2.61 bits per heavy atom. The second-order valence-electron chi connectivity index (χ2n) is 3.75. The van der Waals surface area contributed by atoms with Gasteiger partial charge in [-0.05, 0) is 0 Å². The summed E-state index contributed by atoms with van der Waals surface area (Å²) in [6.07, 6.45) is 0. The van der Waals surface area contributed by atoms with Crippen molar-refractivity contribution in [2.75, 3.05) is 31.7 Å². The van der Waals surface area contributed by atoms with Crippen molar-refractivity contribution in [1.29, 1.82) is 0 Å². The van der Waals surface area contributed by atoms with Crippen LogP contribution in [0.1, 0.15) is 0 Å². The zero-order valence-electron chi connectivity index (χ0n) is 9.36. The summed E-state index contributed by atoms with van der Waals surface area (Å²) in [6, 6.07) is 1.39. The van der Waals surface area contributed by atoms with Gasteiger partial charge in [0, 0.05) is 25.2 Å². The standard InChI is InChI=1S/C10H11F2N3O3/c11-7-5-8(12)10(15(16)17)9(6-7)13-14-1-3-18-4-2-14/h5-6,13H,1-4H2. The molecule has 0 bridgehead atoms. The Hall–Kier alpha value is -1.80. The minimum atomic E-state index is -1.20. The van der Waals surface area contributed by atoms with Gasteiger partial charge in [-0.1, -0.05) is 0 Å². The first kappa shape index (κ1) is 12.7. The minimum Gasteiger partial charge on any atom is -0.379 e. The van der Waals surface area contributed by atoms with Crippen molar-refractivity contribution in [3.05, 3.63) is 33.9 Å². The molecule has 1 heterocycles. The molecule has 1 aromatic carbocycles. The molecule has 98 valence electrons. The van der Waals surface area contributed by atoms with Crippen molar-refractivity contribution >= 4 is 11.4 Å². The van der Waals surface area contributed by atoms with Crippen LogP contribution in [0.3, 0.4) is 0 Å². The van der Waals surface area contributed by atoms with Gasteiger partial charge in [0.25, 0.3) is 0 Å². The number of ether oxygens (including phenoxy) is 1. The number of morpholine rings is 1. The summed E-state index contributed by atoms with van der Waals surface area (Å²) in [5, 5.41) is 12.4. The topological polar surface area (TPSA) is 67.6 Å². The van der Waals surface area contributed by atoms with Crippen LogP contribution in [0.5, 0.6) is 0 Å². The fraction of sp³-hybridized carbons (Fsp3) is 0.400. The van der Waals surface area contributed by atoms with Crippen LogP contribution in [0.25, 0.3) is 0 Å². The average Bonchev–Trinajstić information content (AvgIpc) is 2.28. The SMILES string of the molecule is O=[N+]([O-])c1c(F)cc(F)cc1NN1CCOCC1. The predicted octanol–water partition coefficient (Wildman–Crippen LogP) is 1.53. The van der Waals surface area contributed by atoms with E-state index in [0.717, 1.165) is 6.07 Å². The molecule has 1 aliphatic heterocycles. The Kier molecular flexibility index (Phi) is 3.68. The minimum absolute atomic E-state index is 0.195. The lowest BCUT2D eigenvalue weighted by Crippen LogP contribution is -2.40. The fourth-order valence-electron chi connectivity index (χ4n) is 1.68. The van der Waals surface area contributed by atoms with Gasteiger partial charge in [0.2, 0.25) is 5.82 Å². The van der Waals surface area contributed by atoms with E-state index in [1.165, 1.54) is 0 Å². The van der Waals surface area contributed by atoms with Crippen LogP contribution in [0.15, 0.2) is 12.1 Å². The number of hydrogen-bond donors (Lipinski definition) is 1. The monoisotopic (exact) mass is 259 g/mol. The first-order valence-corrected chi connectivity index (χ1v) is 5.30. The highest BCUT2D eigenvalue weighted by Gasteiger charge is 2.23. The van der Waals surface area contributed by atoms with Gasteiger partial charge in [-0.25, -0.2) is 9.40 Å². The molecule has 18 heavy (non-hydrogen) atoms. The third-order valence-corrected chi connectivity index (χ3v) is 2.50. The number of halogens is 2. The zero-order chi connectivity index (χ0) is 13.1. The molecular formula is C10H11F2N3O3. The van der Waals surface area contributed by atoms with Crippen LogP contribution in [-0.4, -0.2) is 36.2 Å². The molecule has 0 atom stereocenters. The van der Waals surface area contributed by atoms with E-state index in [0.29, 0.717) is 32.4 Å². The number of benzene rings is 1. The molecule has 0 aromatic heterocycles. The average molecular weight is 259 g/mol. The molecular weight excluding hydrogens is 248 g/mol. The van der Waals surface area contributed by atoms with Crippen LogP contribution in [-0.2, 0) is 4.74 Å². The van der Waals surface area contributed by atoms with E-state index in [9.17, 15) is 18.9 Å². The highest BCUT2D eigenvalue weighted by Crippen LogP contribution is 2.29. The molecule has 8 heteroatoms. The second kappa shape index (κ2) is 5.23. The van der Waals surface area contributed by atoms with Crippen LogP contribution < -0.4 is 5.43 Å². The van der Waals surface area contributed by atoms with Gasteiger partial charge in [0.15, 0.2) is 0 Å². The third kappa shape index (κ3) is 2.71. The molecule has 1 N–H and O–H groups in total. The van der Waals surface area contributed by atoms with Crippen molar-refractivity contribution in [2.45, 2.75) is 0 Å². The summed E-state index contributed by atoms with van der Waals surface area (Å²) in [4.78, 5) is 9.88. The normalized spacial score (nSPS) is 16.6. The second-order valence-corrected chi connectivity index (χ2v) is 3.75. The Labute approximate surface area is 101 Å². The van der Waals surface area contributed by atoms with Crippen molar-refractivity contribution in [2.24, 2.45) is 0 Å². The number of rotatable bonds is 3. The Bertz CT molecular complexity index is 464. The molecule has 1 aromatic rings. The molecule has 0 spiro atoms. The van der Waals surface area contributed by atoms with Crippen LogP contribution in [0.4, 0.5) is 20.2 Å². The van der Waals surface area contributed by atoms with Gasteiger partial charge in [0.05, 0.1) is 18.1 Å². The molecule has 6 nitrogen and oxygen atoms in total. The van der Waals surface area contributed by atoms with Crippen molar-refractivity contribution in [1.82, 2.24) is 5.01 Å². The Morgan fingerprint density at radius 1 is 1.33 bits per heavy atom. The molecule has 0 radical (unpaired) electrons. The molecule has 1 fully saturated rings. The summed E-state index contributed by atoms with van der Waals surface area (Å²) in [6.45, 7) is 1.88. The Morgan fingerprint density at radius 2 is 2.00 bits per heavy atom. The molecule has 0 unspecified atom stereocenters. The smallest absolute Gasteiger partial charge is 0.329 e. The van der Waals surface area contributed by atoms with Gasteiger partial charge in [-0.15, -0.1) is 0 Å². The Balaban J connectivity index is 2.27. The number of hydrogen-bond acceptors (Lipinski definition) is 5. The van der Waals surface area contributed by atoms with Gasteiger partial charge in [0.1, 0.15) is 11.5 Å². The van der Waals surface area contributed by atoms with E-state index in [1.54, 1.807) is 5.01 Å². The van der Waals surface area contributed by atoms with E-state index < -0.39 is 22.2 Å². The number of anilines is 1. The van der Waals surface area contributed by atoms with E-state index in [4.69, 9.17) is 4.74 Å². The number of nitro groups is 1. The lowest BCUT2D eigenvalue weighted by atomic mass is 10.2. The van der Waals surface area contributed by atoms with E-state index in [1.807, 2.05) is 0 Å². The predicted molar refractivity (Wildman–Crippen MR) is 59.0 cm³/mol. The highest BCUT2D eigenvalue weighted by molar-refractivity contribution is 5.61. The van der Waals surface area contributed by atoms with Gasteiger partial charge in [-0.2, -0.15) is 4.39 Å². The third-order valence-electron chi connectivity index (χ3n) is 2.50. The van der Waals surface area contributed by atoms with E-state index in [2.05, 4.69) is 5.43 Å². The quantitative estimate of drug-likeness (QED) is 0.658. The maximum absolute atomic E-state index is 13.4. The summed E-state index contributed by atoms with van der Waals surface area (Å²) < 4.78 is 31.5. The van der Waals surface area contributed by atoms with Gasteiger partial charge >= 0.3 is 5.69 Å².